The van der Waals surface area contributed by atoms with E-state index in [4.69, 9.17) is 5.11 Å². The van der Waals surface area contributed by atoms with Crippen molar-refractivity contribution in [1.29, 1.82) is 0 Å². The predicted octanol–water partition coefficient (Wildman–Crippen LogP) is 2.87. The fraction of sp³-hybridized carbons (Fsp3) is 0.417. The second-order valence-corrected chi connectivity index (χ2v) is 5.42. The monoisotopic (exact) mass is 236 g/mol. The molecule has 2 aromatic rings. The van der Waals surface area contributed by atoms with Crippen molar-refractivity contribution in [3.8, 4) is 0 Å². The predicted molar refractivity (Wildman–Crippen MR) is 69.0 cm³/mol. The summed E-state index contributed by atoms with van der Waals surface area (Å²) in [5.74, 6) is 0.900. The van der Waals surface area contributed by atoms with E-state index in [1.807, 2.05) is 12.3 Å². The van der Waals surface area contributed by atoms with Crippen LogP contribution in [0.5, 0.6) is 0 Å². The van der Waals surface area contributed by atoms with Crippen molar-refractivity contribution in [1.82, 2.24) is 4.98 Å². The van der Waals surface area contributed by atoms with Gasteiger partial charge in [-0.3, -0.25) is 0 Å². The van der Waals surface area contributed by atoms with E-state index in [2.05, 4.69) is 35.6 Å². The van der Waals surface area contributed by atoms with E-state index in [-0.39, 0.29) is 12.1 Å². The molecule has 2 N–H and O–H groups in total. The number of pyridine rings is 1. The molecule has 2 rings (SSSR count). The first-order valence-corrected chi connectivity index (χ1v) is 6.22. The van der Waals surface area contributed by atoms with Crippen LogP contribution in [0.1, 0.15) is 20.3 Å². The summed E-state index contributed by atoms with van der Waals surface area (Å²) in [4.78, 5) is 4.36. The van der Waals surface area contributed by atoms with Gasteiger partial charge < -0.3 is 10.4 Å². The minimum absolute atomic E-state index is 0.141. The Bertz CT molecular complexity index is 479. The molecule has 0 amide bonds. The van der Waals surface area contributed by atoms with Crippen LogP contribution in [0.4, 0.5) is 5.82 Å². The molecule has 0 bridgehead atoms. The minimum atomic E-state index is -0.141. The number of nitrogens with one attached hydrogen (secondary N) is 1. The SMILES string of the molecule is CC(C)(CCO)Nc1nccc2sccc12. The number of hydrogen-bond acceptors (Lipinski definition) is 4. The van der Waals surface area contributed by atoms with E-state index in [1.54, 1.807) is 11.3 Å². The molecule has 0 aliphatic rings. The lowest BCUT2D eigenvalue weighted by Crippen LogP contribution is -2.32. The zero-order valence-electron chi connectivity index (χ0n) is 9.53. The molecule has 2 heterocycles. The largest absolute Gasteiger partial charge is 0.396 e. The highest BCUT2D eigenvalue weighted by atomic mass is 32.1. The van der Waals surface area contributed by atoms with Gasteiger partial charge >= 0.3 is 0 Å². The Morgan fingerprint density at radius 1 is 1.44 bits per heavy atom. The van der Waals surface area contributed by atoms with Crippen molar-refractivity contribution < 1.29 is 5.11 Å². The number of aliphatic hydroxyl groups is 1. The first-order chi connectivity index (χ1) is 7.62. The average molecular weight is 236 g/mol. The van der Waals surface area contributed by atoms with Crippen LogP contribution in [0.3, 0.4) is 0 Å². The Labute approximate surface area is 99.1 Å². The van der Waals surface area contributed by atoms with Crippen molar-refractivity contribution in [3.63, 3.8) is 0 Å². The van der Waals surface area contributed by atoms with Gasteiger partial charge in [0.2, 0.25) is 0 Å². The number of hydrogen-bond donors (Lipinski definition) is 2. The van der Waals surface area contributed by atoms with Crippen LogP contribution in [0.15, 0.2) is 23.7 Å². The van der Waals surface area contributed by atoms with E-state index in [0.29, 0.717) is 6.42 Å². The summed E-state index contributed by atoms with van der Waals surface area (Å²) in [7, 11) is 0. The summed E-state index contributed by atoms with van der Waals surface area (Å²) in [6, 6.07) is 4.09. The van der Waals surface area contributed by atoms with E-state index in [0.717, 1.165) is 11.2 Å². The second kappa shape index (κ2) is 4.39. The van der Waals surface area contributed by atoms with Crippen molar-refractivity contribution in [3.05, 3.63) is 23.7 Å². The summed E-state index contributed by atoms with van der Waals surface area (Å²) in [6.07, 6.45) is 2.52. The fourth-order valence-electron chi connectivity index (χ4n) is 1.66. The van der Waals surface area contributed by atoms with E-state index >= 15 is 0 Å². The third-order valence-corrected chi connectivity index (χ3v) is 3.46. The van der Waals surface area contributed by atoms with Gasteiger partial charge in [0, 0.05) is 28.4 Å². The molecule has 0 aromatic carbocycles. The van der Waals surface area contributed by atoms with Crippen LogP contribution >= 0.6 is 11.3 Å². The first kappa shape index (κ1) is 11.4. The zero-order valence-corrected chi connectivity index (χ0v) is 10.3. The summed E-state index contributed by atoms with van der Waals surface area (Å²) < 4.78 is 1.23. The molecular formula is C12H16N2OS. The van der Waals surface area contributed by atoms with Crippen LogP contribution in [0, 0.1) is 0 Å². The molecule has 0 radical (unpaired) electrons. The smallest absolute Gasteiger partial charge is 0.135 e. The quantitative estimate of drug-likeness (QED) is 0.858. The van der Waals surface area contributed by atoms with Gasteiger partial charge in [0.05, 0.1) is 0 Å². The standard InChI is InChI=1S/C12H16N2OS/c1-12(2,5-7-15)14-11-9-4-8-16-10(9)3-6-13-11/h3-4,6,8,15H,5,7H2,1-2H3,(H,13,14). The molecule has 0 unspecified atom stereocenters. The lowest BCUT2D eigenvalue weighted by atomic mass is 10.0. The highest BCUT2D eigenvalue weighted by Gasteiger charge is 2.18. The van der Waals surface area contributed by atoms with Gasteiger partial charge in [-0.2, -0.15) is 0 Å². The number of aliphatic hydroxyl groups excluding tert-OH is 1. The van der Waals surface area contributed by atoms with Crippen LogP contribution in [0.2, 0.25) is 0 Å². The van der Waals surface area contributed by atoms with Crippen LogP contribution in [-0.4, -0.2) is 22.2 Å². The van der Waals surface area contributed by atoms with Crippen LogP contribution in [-0.2, 0) is 0 Å². The van der Waals surface area contributed by atoms with Crippen molar-refractivity contribution in [2.45, 2.75) is 25.8 Å². The Kier molecular flexibility index (Phi) is 3.12. The van der Waals surface area contributed by atoms with E-state index in [1.165, 1.54) is 4.70 Å². The highest BCUT2D eigenvalue weighted by molar-refractivity contribution is 7.17. The van der Waals surface area contributed by atoms with Gasteiger partial charge in [-0.15, -0.1) is 11.3 Å². The Morgan fingerprint density at radius 2 is 2.25 bits per heavy atom. The van der Waals surface area contributed by atoms with Crippen molar-refractivity contribution >= 4 is 27.2 Å². The zero-order chi connectivity index (χ0) is 11.6. The van der Waals surface area contributed by atoms with Crippen LogP contribution < -0.4 is 5.32 Å². The van der Waals surface area contributed by atoms with Gasteiger partial charge in [0.1, 0.15) is 5.82 Å². The van der Waals surface area contributed by atoms with Gasteiger partial charge in [-0.1, -0.05) is 0 Å². The van der Waals surface area contributed by atoms with Crippen LogP contribution in [0.25, 0.3) is 10.1 Å². The average Bonchev–Trinajstić information content (AvgIpc) is 2.65. The molecule has 0 saturated heterocycles. The highest BCUT2D eigenvalue weighted by Crippen LogP contribution is 2.28. The van der Waals surface area contributed by atoms with Gasteiger partial charge in [-0.05, 0) is 37.8 Å². The third kappa shape index (κ3) is 2.33. The molecule has 4 heteroatoms. The third-order valence-electron chi connectivity index (χ3n) is 2.57. The molecule has 86 valence electrons. The number of thiophene rings is 1. The van der Waals surface area contributed by atoms with E-state index < -0.39 is 0 Å². The topological polar surface area (TPSA) is 45.1 Å². The summed E-state index contributed by atoms with van der Waals surface area (Å²) in [5.41, 5.74) is -0.141. The maximum atomic E-state index is 8.99. The molecule has 0 atom stereocenters. The Morgan fingerprint density at radius 3 is 3.00 bits per heavy atom. The molecule has 0 spiro atoms. The Balaban J connectivity index is 2.30. The maximum Gasteiger partial charge on any atom is 0.135 e. The summed E-state index contributed by atoms with van der Waals surface area (Å²) in [5, 5.41) is 15.6. The van der Waals surface area contributed by atoms with Gasteiger partial charge in [0.25, 0.3) is 0 Å². The van der Waals surface area contributed by atoms with Crippen molar-refractivity contribution in [2.75, 3.05) is 11.9 Å². The summed E-state index contributed by atoms with van der Waals surface area (Å²) in [6.45, 7) is 4.31. The second-order valence-electron chi connectivity index (χ2n) is 4.47. The minimum Gasteiger partial charge on any atom is -0.396 e. The number of anilines is 1. The number of nitrogens with zero attached hydrogens (tertiary/aromatic N) is 1. The lowest BCUT2D eigenvalue weighted by Gasteiger charge is -2.26. The molecule has 3 nitrogen and oxygen atoms in total. The normalized spacial score (nSPS) is 11.9. The van der Waals surface area contributed by atoms with Gasteiger partial charge in [0.15, 0.2) is 0 Å². The fourth-order valence-corrected chi connectivity index (χ4v) is 2.44. The Hall–Kier alpha value is -1.13. The van der Waals surface area contributed by atoms with Crippen molar-refractivity contribution in [2.24, 2.45) is 0 Å². The number of fused-ring (bicyclic) bond motifs is 1. The maximum absolute atomic E-state index is 8.99. The molecule has 16 heavy (non-hydrogen) atoms. The molecule has 0 aliphatic heterocycles. The number of rotatable bonds is 4. The first-order valence-electron chi connectivity index (χ1n) is 5.34. The number of aromatic nitrogens is 1. The molecular weight excluding hydrogens is 220 g/mol. The van der Waals surface area contributed by atoms with Gasteiger partial charge in [-0.25, -0.2) is 4.98 Å². The summed E-state index contributed by atoms with van der Waals surface area (Å²) >= 11 is 1.71. The lowest BCUT2D eigenvalue weighted by molar-refractivity contribution is 0.260. The molecule has 2 aromatic heterocycles. The molecule has 0 saturated carbocycles. The molecule has 0 fully saturated rings. The molecule has 0 aliphatic carbocycles. The van der Waals surface area contributed by atoms with E-state index in [9.17, 15) is 0 Å².